The smallest absolute Gasteiger partial charge is 0.122 e. The third-order valence-corrected chi connectivity index (χ3v) is 4.56. The maximum atomic E-state index is 5.49. The zero-order chi connectivity index (χ0) is 15.2. The van der Waals surface area contributed by atoms with Crippen LogP contribution in [0, 0.1) is 0 Å². The summed E-state index contributed by atoms with van der Waals surface area (Å²) in [6.07, 6.45) is 2.08. The fraction of sp³-hybridized carbons (Fsp3) is 0.647. The molecule has 0 aliphatic heterocycles. The van der Waals surface area contributed by atoms with Gasteiger partial charge in [-0.2, -0.15) is 0 Å². The van der Waals surface area contributed by atoms with E-state index in [4.69, 9.17) is 4.74 Å². The molecule has 0 radical (unpaired) electrons. The van der Waals surface area contributed by atoms with Crippen molar-refractivity contribution in [1.29, 1.82) is 0 Å². The Morgan fingerprint density at radius 2 is 1.90 bits per heavy atom. The van der Waals surface area contributed by atoms with Crippen LogP contribution in [0.3, 0.4) is 0 Å². The van der Waals surface area contributed by atoms with Crippen LogP contribution in [0.1, 0.15) is 32.8 Å². The van der Waals surface area contributed by atoms with E-state index in [0.717, 1.165) is 25.1 Å². The fourth-order valence-electron chi connectivity index (χ4n) is 2.72. The Morgan fingerprint density at radius 1 is 1.25 bits per heavy atom. The third kappa shape index (κ3) is 3.74. The van der Waals surface area contributed by atoms with Crippen molar-refractivity contribution >= 4 is 0 Å². The van der Waals surface area contributed by atoms with Gasteiger partial charge in [-0.3, -0.25) is 0 Å². The topological polar surface area (TPSA) is 24.5 Å². The van der Waals surface area contributed by atoms with Crippen molar-refractivity contribution in [2.24, 2.45) is 0 Å². The summed E-state index contributed by atoms with van der Waals surface area (Å²) >= 11 is 0. The highest BCUT2D eigenvalue weighted by Crippen LogP contribution is 2.27. The minimum absolute atomic E-state index is 0.122. The van der Waals surface area contributed by atoms with Crippen LogP contribution in [0.15, 0.2) is 24.3 Å². The number of nitrogens with one attached hydrogen (secondary N) is 1. The lowest BCUT2D eigenvalue weighted by Gasteiger charge is -2.43. The first kappa shape index (κ1) is 17.0. The maximum absolute atomic E-state index is 5.49. The number of rotatable bonds is 8. The molecule has 0 saturated heterocycles. The number of ether oxygens (including phenoxy) is 1. The van der Waals surface area contributed by atoms with E-state index >= 15 is 0 Å². The number of benzene rings is 1. The van der Waals surface area contributed by atoms with E-state index in [-0.39, 0.29) is 5.54 Å². The molecular weight excluding hydrogens is 248 g/mol. The molecule has 20 heavy (non-hydrogen) atoms. The van der Waals surface area contributed by atoms with Crippen molar-refractivity contribution in [2.45, 2.75) is 45.2 Å². The second kappa shape index (κ2) is 7.65. The molecule has 0 saturated carbocycles. The summed E-state index contributed by atoms with van der Waals surface area (Å²) in [5, 5.41) is 3.66. The van der Waals surface area contributed by atoms with E-state index in [2.05, 4.69) is 57.2 Å². The van der Waals surface area contributed by atoms with Crippen LogP contribution in [0.2, 0.25) is 0 Å². The van der Waals surface area contributed by atoms with Crippen LogP contribution < -0.4 is 10.1 Å². The van der Waals surface area contributed by atoms with Crippen LogP contribution in [-0.2, 0) is 6.42 Å². The van der Waals surface area contributed by atoms with Crippen molar-refractivity contribution < 1.29 is 4.74 Å². The summed E-state index contributed by atoms with van der Waals surface area (Å²) in [5.74, 6) is 0.979. The average molecular weight is 278 g/mol. The van der Waals surface area contributed by atoms with E-state index in [1.165, 1.54) is 5.56 Å². The summed E-state index contributed by atoms with van der Waals surface area (Å²) < 4.78 is 5.49. The molecule has 1 rings (SSSR count). The summed E-state index contributed by atoms with van der Waals surface area (Å²) in [6.45, 7) is 7.73. The molecule has 0 amide bonds. The highest BCUT2D eigenvalue weighted by molar-refractivity contribution is 5.34. The van der Waals surface area contributed by atoms with E-state index in [1.54, 1.807) is 7.11 Å². The van der Waals surface area contributed by atoms with Gasteiger partial charge in [-0.15, -0.1) is 0 Å². The molecule has 0 spiro atoms. The Morgan fingerprint density at radius 3 is 2.40 bits per heavy atom. The molecule has 0 fully saturated rings. The first-order valence-corrected chi connectivity index (χ1v) is 7.52. The number of hydrogen-bond donors (Lipinski definition) is 1. The zero-order valence-electron chi connectivity index (χ0n) is 13.9. The Labute approximate surface area is 124 Å². The van der Waals surface area contributed by atoms with Crippen molar-refractivity contribution in [1.82, 2.24) is 10.2 Å². The number of hydrogen-bond acceptors (Lipinski definition) is 3. The highest BCUT2D eigenvalue weighted by Gasteiger charge is 2.34. The molecular formula is C17H30N2O. The Balaban J connectivity index is 3.02. The van der Waals surface area contributed by atoms with Gasteiger partial charge in [0.2, 0.25) is 0 Å². The van der Waals surface area contributed by atoms with E-state index in [9.17, 15) is 0 Å². The predicted molar refractivity (Wildman–Crippen MR) is 86.5 cm³/mol. The predicted octanol–water partition coefficient (Wildman–Crippen LogP) is 2.95. The second-order valence-electron chi connectivity index (χ2n) is 5.73. The molecule has 0 aliphatic carbocycles. The zero-order valence-corrected chi connectivity index (χ0v) is 13.9. The SMILES string of the molecule is CCNC(Cc1ccccc1OC)C(C)(CC)N(C)C. The van der Waals surface area contributed by atoms with Crippen LogP contribution >= 0.6 is 0 Å². The summed E-state index contributed by atoms with van der Waals surface area (Å²) in [5.41, 5.74) is 1.39. The molecule has 0 bridgehead atoms. The number of para-hydroxylation sites is 1. The van der Waals surface area contributed by atoms with E-state index in [0.29, 0.717) is 6.04 Å². The van der Waals surface area contributed by atoms with Crippen LogP contribution in [0.4, 0.5) is 0 Å². The lowest BCUT2D eigenvalue weighted by atomic mass is 9.84. The van der Waals surface area contributed by atoms with Gasteiger partial charge in [-0.25, -0.2) is 0 Å². The Kier molecular flexibility index (Phi) is 6.50. The lowest BCUT2D eigenvalue weighted by molar-refractivity contribution is 0.113. The van der Waals surface area contributed by atoms with Crippen molar-refractivity contribution in [3.63, 3.8) is 0 Å². The van der Waals surface area contributed by atoms with Crippen LogP contribution in [-0.4, -0.2) is 44.2 Å². The maximum Gasteiger partial charge on any atom is 0.122 e. The second-order valence-corrected chi connectivity index (χ2v) is 5.73. The van der Waals surface area contributed by atoms with Gasteiger partial charge in [0, 0.05) is 11.6 Å². The average Bonchev–Trinajstić information content (AvgIpc) is 2.46. The number of methoxy groups -OCH3 is 1. The van der Waals surface area contributed by atoms with Gasteiger partial charge in [0.25, 0.3) is 0 Å². The molecule has 0 aliphatic rings. The summed E-state index contributed by atoms with van der Waals surface area (Å²) in [6, 6.07) is 8.70. The summed E-state index contributed by atoms with van der Waals surface area (Å²) in [7, 11) is 6.07. The number of likely N-dealkylation sites (N-methyl/N-ethyl adjacent to an activating group) is 2. The lowest BCUT2D eigenvalue weighted by Crippen LogP contribution is -2.57. The first-order chi connectivity index (χ1) is 9.49. The molecule has 114 valence electrons. The molecule has 1 aromatic carbocycles. The van der Waals surface area contributed by atoms with Gasteiger partial charge >= 0.3 is 0 Å². The molecule has 0 heterocycles. The van der Waals surface area contributed by atoms with Crippen molar-refractivity contribution in [3.05, 3.63) is 29.8 Å². The van der Waals surface area contributed by atoms with E-state index in [1.807, 2.05) is 12.1 Å². The van der Waals surface area contributed by atoms with Crippen molar-refractivity contribution in [3.8, 4) is 5.75 Å². The standard InChI is InChI=1S/C17H30N2O/c1-7-17(3,19(4)5)16(18-8-2)13-14-11-9-10-12-15(14)20-6/h9-12,16,18H,7-8,13H2,1-6H3. The Bertz CT molecular complexity index is 406. The van der Waals surface area contributed by atoms with Gasteiger partial charge in [-0.05, 0) is 52.0 Å². The fourth-order valence-corrected chi connectivity index (χ4v) is 2.72. The van der Waals surface area contributed by atoms with Gasteiger partial charge < -0.3 is 15.0 Å². The molecule has 3 heteroatoms. The van der Waals surface area contributed by atoms with Gasteiger partial charge in [0.15, 0.2) is 0 Å². The van der Waals surface area contributed by atoms with Gasteiger partial charge in [-0.1, -0.05) is 32.0 Å². The molecule has 2 unspecified atom stereocenters. The molecule has 1 N–H and O–H groups in total. The van der Waals surface area contributed by atoms with Crippen LogP contribution in [0.25, 0.3) is 0 Å². The van der Waals surface area contributed by atoms with Crippen molar-refractivity contribution in [2.75, 3.05) is 27.7 Å². The largest absolute Gasteiger partial charge is 0.496 e. The van der Waals surface area contributed by atoms with Gasteiger partial charge in [0.05, 0.1) is 7.11 Å². The quantitative estimate of drug-likeness (QED) is 0.791. The third-order valence-electron chi connectivity index (χ3n) is 4.56. The minimum atomic E-state index is 0.122. The molecule has 3 nitrogen and oxygen atoms in total. The molecule has 1 aromatic rings. The Hall–Kier alpha value is -1.06. The van der Waals surface area contributed by atoms with E-state index < -0.39 is 0 Å². The van der Waals surface area contributed by atoms with Gasteiger partial charge in [0.1, 0.15) is 5.75 Å². The minimum Gasteiger partial charge on any atom is -0.496 e. The molecule has 0 aromatic heterocycles. The highest BCUT2D eigenvalue weighted by atomic mass is 16.5. The first-order valence-electron chi connectivity index (χ1n) is 7.52. The number of nitrogens with zero attached hydrogens (tertiary/aromatic N) is 1. The summed E-state index contributed by atoms with van der Waals surface area (Å²) in [4.78, 5) is 2.33. The monoisotopic (exact) mass is 278 g/mol. The van der Waals surface area contributed by atoms with Crippen LogP contribution in [0.5, 0.6) is 5.75 Å². The normalized spacial score (nSPS) is 15.9. The molecule has 2 atom stereocenters.